The first-order chi connectivity index (χ1) is 13.2. The number of benzene rings is 2. The number of hydrogen-bond donors (Lipinski definition) is 1. The van der Waals surface area contributed by atoms with Gasteiger partial charge in [0.25, 0.3) is 0 Å². The largest absolute Gasteiger partial charge is 0.454 e. The van der Waals surface area contributed by atoms with E-state index in [1.807, 2.05) is 30.3 Å². The molecule has 2 aromatic carbocycles. The number of likely N-dealkylation sites (tertiary alicyclic amines) is 1. The molecule has 1 saturated heterocycles. The Labute approximate surface area is 158 Å². The number of piperidine rings is 1. The maximum atomic E-state index is 13.0. The smallest absolute Gasteiger partial charge is 0.231 e. The van der Waals surface area contributed by atoms with Crippen molar-refractivity contribution >= 4 is 5.91 Å². The lowest BCUT2D eigenvalue weighted by molar-refractivity contribution is -0.126. The third kappa shape index (κ3) is 4.39. The van der Waals surface area contributed by atoms with E-state index in [1.54, 1.807) is 0 Å². The number of nitrogens with one attached hydrogen (secondary N) is 1. The second-order valence-electron chi connectivity index (χ2n) is 7.08. The molecule has 0 radical (unpaired) electrons. The molecule has 0 aromatic heterocycles. The van der Waals surface area contributed by atoms with E-state index in [1.165, 1.54) is 12.1 Å². The fraction of sp³-hybridized carbons (Fsp3) is 0.381. The van der Waals surface area contributed by atoms with Gasteiger partial charge in [0.15, 0.2) is 11.5 Å². The molecule has 27 heavy (non-hydrogen) atoms. The van der Waals surface area contributed by atoms with Crippen LogP contribution in [-0.2, 0) is 17.9 Å². The summed E-state index contributed by atoms with van der Waals surface area (Å²) in [5, 5.41) is 3.04. The Morgan fingerprint density at radius 2 is 1.74 bits per heavy atom. The number of carbonyl (C=O) groups is 1. The molecule has 1 N–H and O–H groups in total. The van der Waals surface area contributed by atoms with Crippen LogP contribution in [0.5, 0.6) is 11.5 Å². The number of carbonyl (C=O) groups excluding carboxylic acids is 1. The minimum atomic E-state index is -0.211. The van der Waals surface area contributed by atoms with Crippen molar-refractivity contribution in [3.63, 3.8) is 0 Å². The molecule has 0 spiro atoms. The minimum Gasteiger partial charge on any atom is -0.454 e. The lowest BCUT2D eigenvalue weighted by atomic mass is 9.95. The van der Waals surface area contributed by atoms with E-state index in [-0.39, 0.29) is 24.4 Å². The van der Waals surface area contributed by atoms with Gasteiger partial charge in [0.05, 0.1) is 0 Å². The predicted octanol–water partition coefficient (Wildman–Crippen LogP) is 3.08. The van der Waals surface area contributed by atoms with Gasteiger partial charge in [-0.3, -0.25) is 9.69 Å². The van der Waals surface area contributed by atoms with Crippen LogP contribution in [0.4, 0.5) is 4.39 Å². The van der Waals surface area contributed by atoms with Gasteiger partial charge in [0.1, 0.15) is 5.82 Å². The van der Waals surface area contributed by atoms with Crippen molar-refractivity contribution in [1.29, 1.82) is 0 Å². The molecule has 0 bridgehead atoms. The van der Waals surface area contributed by atoms with Crippen molar-refractivity contribution in [2.45, 2.75) is 25.9 Å². The predicted molar refractivity (Wildman–Crippen MR) is 98.8 cm³/mol. The van der Waals surface area contributed by atoms with Crippen LogP contribution in [0.1, 0.15) is 24.0 Å². The SMILES string of the molecule is O=C(NCc1ccc2c(c1)OCO2)C1CCN(Cc2ccc(F)cc2)CC1. The van der Waals surface area contributed by atoms with Crippen molar-refractivity contribution in [1.82, 2.24) is 10.2 Å². The summed E-state index contributed by atoms with van der Waals surface area (Å²) < 4.78 is 23.7. The van der Waals surface area contributed by atoms with Gasteiger partial charge in [-0.1, -0.05) is 18.2 Å². The maximum Gasteiger partial charge on any atom is 0.231 e. The molecule has 1 fully saturated rings. The highest BCUT2D eigenvalue weighted by molar-refractivity contribution is 5.78. The lowest BCUT2D eigenvalue weighted by Gasteiger charge is -2.31. The Kier molecular flexibility index (Phi) is 5.25. The van der Waals surface area contributed by atoms with Crippen LogP contribution in [0, 0.1) is 11.7 Å². The minimum absolute atomic E-state index is 0.0449. The van der Waals surface area contributed by atoms with Gasteiger partial charge in [0.2, 0.25) is 12.7 Å². The van der Waals surface area contributed by atoms with Gasteiger partial charge in [-0.05, 0) is 61.3 Å². The summed E-state index contributed by atoms with van der Waals surface area (Å²) in [6.45, 7) is 3.29. The second kappa shape index (κ2) is 7.96. The number of halogens is 1. The van der Waals surface area contributed by atoms with Crippen LogP contribution in [-0.4, -0.2) is 30.7 Å². The summed E-state index contributed by atoms with van der Waals surface area (Å²) in [7, 11) is 0. The Morgan fingerprint density at radius 3 is 2.52 bits per heavy atom. The fourth-order valence-corrected chi connectivity index (χ4v) is 3.59. The van der Waals surface area contributed by atoms with Crippen molar-refractivity contribution in [2.75, 3.05) is 19.9 Å². The first-order valence-electron chi connectivity index (χ1n) is 9.30. The molecule has 2 aromatic rings. The van der Waals surface area contributed by atoms with Gasteiger partial charge < -0.3 is 14.8 Å². The van der Waals surface area contributed by atoms with E-state index in [9.17, 15) is 9.18 Å². The molecule has 1 amide bonds. The van der Waals surface area contributed by atoms with E-state index in [0.717, 1.165) is 55.1 Å². The molecule has 0 saturated carbocycles. The molecule has 0 atom stereocenters. The zero-order chi connectivity index (χ0) is 18.6. The van der Waals surface area contributed by atoms with Crippen LogP contribution in [0.25, 0.3) is 0 Å². The number of nitrogens with zero attached hydrogens (tertiary/aromatic N) is 1. The van der Waals surface area contributed by atoms with E-state index >= 15 is 0 Å². The molecule has 0 aliphatic carbocycles. The van der Waals surface area contributed by atoms with Crippen LogP contribution in [0.2, 0.25) is 0 Å². The monoisotopic (exact) mass is 370 g/mol. The molecule has 142 valence electrons. The third-order valence-corrected chi connectivity index (χ3v) is 5.18. The molecular weight excluding hydrogens is 347 g/mol. The van der Waals surface area contributed by atoms with E-state index in [4.69, 9.17) is 9.47 Å². The summed E-state index contributed by atoms with van der Waals surface area (Å²) in [6.07, 6.45) is 1.68. The zero-order valence-corrected chi connectivity index (χ0v) is 15.1. The number of fused-ring (bicyclic) bond motifs is 1. The van der Waals surface area contributed by atoms with Gasteiger partial charge in [-0.15, -0.1) is 0 Å². The fourth-order valence-electron chi connectivity index (χ4n) is 3.59. The average molecular weight is 370 g/mol. The first-order valence-corrected chi connectivity index (χ1v) is 9.30. The molecule has 5 nitrogen and oxygen atoms in total. The Balaban J connectivity index is 1.23. The Morgan fingerprint density at radius 1 is 1.04 bits per heavy atom. The lowest BCUT2D eigenvalue weighted by Crippen LogP contribution is -2.40. The Hall–Kier alpha value is -2.60. The summed E-state index contributed by atoms with van der Waals surface area (Å²) in [5.74, 6) is 1.42. The van der Waals surface area contributed by atoms with Crippen molar-refractivity contribution in [3.8, 4) is 11.5 Å². The Bertz CT molecular complexity index is 802. The number of amides is 1. The summed E-state index contributed by atoms with van der Waals surface area (Å²) in [4.78, 5) is 14.8. The zero-order valence-electron chi connectivity index (χ0n) is 15.1. The number of rotatable bonds is 5. The molecular formula is C21H23FN2O3. The van der Waals surface area contributed by atoms with E-state index in [2.05, 4.69) is 10.2 Å². The van der Waals surface area contributed by atoms with Crippen LogP contribution in [0.3, 0.4) is 0 Å². The van der Waals surface area contributed by atoms with Crippen molar-refractivity contribution in [2.24, 2.45) is 5.92 Å². The highest BCUT2D eigenvalue weighted by atomic mass is 19.1. The van der Waals surface area contributed by atoms with Crippen molar-refractivity contribution < 1.29 is 18.7 Å². The third-order valence-electron chi connectivity index (χ3n) is 5.18. The van der Waals surface area contributed by atoms with E-state index < -0.39 is 0 Å². The summed E-state index contributed by atoms with van der Waals surface area (Å²) >= 11 is 0. The second-order valence-corrected chi connectivity index (χ2v) is 7.08. The van der Waals surface area contributed by atoms with Crippen LogP contribution in [0.15, 0.2) is 42.5 Å². The van der Waals surface area contributed by atoms with Crippen LogP contribution >= 0.6 is 0 Å². The summed E-state index contributed by atoms with van der Waals surface area (Å²) in [5.41, 5.74) is 2.10. The molecule has 4 rings (SSSR count). The average Bonchev–Trinajstić information content (AvgIpc) is 3.16. The van der Waals surface area contributed by atoms with Gasteiger partial charge in [0, 0.05) is 19.0 Å². The quantitative estimate of drug-likeness (QED) is 0.879. The molecule has 0 unspecified atom stereocenters. The highest BCUT2D eigenvalue weighted by Crippen LogP contribution is 2.32. The standard InChI is InChI=1S/C21H23FN2O3/c22-18-4-1-15(2-5-18)13-24-9-7-17(8-10-24)21(25)23-12-16-3-6-19-20(11-16)27-14-26-19/h1-6,11,17H,7-10,12-14H2,(H,23,25). The molecule has 2 heterocycles. The van der Waals surface area contributed by atoms with Crippen LogP contribution < -0.4 is 14.8 Å². The van der Waals surface area contributed by atoms with Gasteiger partial charge in [-0.2, -0.15) is 0 Å². The normalized spacial score (nSPS) is 17.1. The molecule has 2 aliphatic heterocycles. The highest BCUT2D eigenvalue weighted by Gasteiger charge is 2.25. The van der Waals surface area contributed by atoms with E-state index in [0.29, 0.717) is 6.54 Å². The van der Waals surface area contributed by atoms with Crippen molar-refractivity contribution in [3.05, 3.63) is 59.4 Å². The topological polar surface area (TPSA) is 50.8 Å². The van der Waals surface area contributed by atoms with Gasteiger partial charge in [-0.25, -0.2) is 4.39 Å². The molecule has 6 heteroatoms. The number of ether oxygens (including phenoxy) is 2. The van der Waals surface area contributed by atoms with Gasteiger partial charge >= 0.3 is 0 Å². The summed E-state index contributed by atoms with van der Waals surface area (Å²) in [6, 6.07) is 12.3. The maximum absolute atomic E-state index is 13.0. The number of hydrogen-bond acceptors (Lipinski definition) is 4. The first kappa shape index (κ1) is 17.8. The molecule has 2 aliphatic rings.